The third-order valence-corrected chi connectivity index (χ3v) is 7.87. The van der Waals surface area contributed by atoms with Crippen LogP contribution in [0.1, 0.15) is 27.7 Å². The Labute approximate surface area is 189 Å². The van der Waals surface area contributed by atoms with Gasteiger partial charge < -0.3 is 18.1 Å². The highest BCUT2D eigenvalue weighted by Gasteiger charge is 2.32. The molecule has 0 aliphatic rings. The van der Waals surface area contributed by atoms with E-state index < -0.39 is 15.2 Å². The fourth-order valence-electron chi connectivity index (χ4n) is 2.74. The van der Waals surface area contributed by atoms with Crippen molar-refractivity contribution in [2.24, 2.45) is 0 Å². The van der Waals surface area contributed by atoms with Crippen molar-refractivity contribution in [3.63, 3.8) is 0 Å². The fraction of sp³-hybridized carbons (Fsp3) is 0.167. The van der Waals surface area contributed by atoms with Crippen molar-refractivity contribution >= 4 is 25.8 Å². The molecule has 0 aromatic heterocycles. The number of benzene rings is 2. The zero-order valence-electron chi connectivity index (χ0n) is 18.8. The first kappa shape index (κ1) is 25.3. The minimum atomic E-state index is -3.64. The lowest BCUT2D eigenvalue weighted by Crippen LogP contribution is -2.10. The van der Waals surface area contributed by atoms with Crippen LogP contribution in [0.25, 0.3) is 11.1 Å². The van der Waals surface area contributed by atoms with Gasteiger partial charge in [0.25, 0.3) is 0 Å². The van der Waals surface area contributed by atoms with Gasteiger partial charge in [-0.25, -0.2) is 9.13 Å². The maximum absolute atomic E-state index is 13.2. The highest BCUT2D eigenvalue weighted by atomic mass is 31.2. The molecule has 0 bridgehead atoms. The summed E-state index contributed by atoms with van der Waals surface area (Å²) in [7, 11) is -7.28. The normalized spacial score (nSPS) is 11.2. The lowest BCUT2D eigenvalue weighted by Gasteiger charge is -2.21. The molecule has 32 heavy (non-hydrogen) atoms. The summed E-state index contributed by atoms with van der Waals surface area (Å²) in [6.45, 7) is 21.0. The Bertz CT molecular complexity index is 999. The lowest BCUT2D eigenvalue weighted by molar-refractivity contribution is 0.302. The highest BCUT2D eigenvalue weighted by molar-refractivity contribution is 7.62. The molecule has 0 unspecified atom stereocenters. The van der Waals surface area contributed by atoms with Crippen LogP contribution >= 0.6 is 15.2 Å². The van der Waals surface area contributed by atoms with Crippen LogP contribution in [0.15, 0.2) is 97.9 Å². The van der Waals surface area contributed by atoms with Gasteiger partial charge in [-0.15, -0.1) is 0 Å². The van der Waals surface area contributed by atoms with Crippen molar-refractivity contribution in [3.8, 4) is 11.1 Å². The van der Waals surface area contributed by atoms with Crippen molar-refractivity contribution in [2.75, 3.05) is 0 Å². The van der Waals surface area contributed by atoms with Gasteiger partial charge in [0, 0.05) is 0 Å². The van der Waals surface area contributed by atoms with Crippen LogP contribution in [0.2, 0.25) is 0 Å². The summed E-state index contributed by atoms with van der Waals surface area (Å²) >= 11 is 0. The Morgan fingerprint density at radius 3 is 0.938 bits per heavy atom. The average molecular weight is 474 g/mol. The van der Waals surface area contributed by atoms with Crippen LogP contribution in [0.5, 0.6) is 0 Å². The summed E-state index contributed by atoms with van der Waals surface area (Å²) in [5.41, 5.74) is 1.68. The second-order valence-electron chi connectivity index (χ2n) is 7.26. The molecule has 0 radical (unpaired) electrons. The predicted molar refractivity (Wildman–Crippen MR) is 130 cm³/mol. The van der Waals surface area contributed by atoms with E-state index in [1.54, 1.807) is 76.2 Å². The van der Waals surface area contributed by atoms with Crippen molar-refractivity contribution in [1.82, 2.24) is 0 Å². The molecule has 0 saturated carbocycles. The van der Waals surface area contributed by atoms with Gasteiger partial charge in [0.15, 0.2) is 0 Å². The van der Waals surface area contributed by atoms with Crippen molar-refractivity contribution in [3.05, 3.63) is 97.9 Å². The van der Waals surface area contributed by atoms with Crippen LogP contribution < -0.4 is 10.6 Å². The minimum Gasteiger partial charge on any atom is -0.418 e. The molecular weight excluding hydrogens is 446 g/mol. The second kappa shape index (κ2) is 10.1. The monoisotopic (exact) mass is 474 g/mol. The zero-order chi connectivity index (χ0) is 24.1. The molecule has 0 aliphatic heterocycles. The maximum Gasteiger partial charge on any atom is 0.462 e. The number of allylic oxidation sites excluding steroid dienone is 4. The van der Waals surface area contributed by atoms with Crippen LogP contribution in [0, 0.1) is 0 Å². The predicted octanol–water partition coefficient (Wildman–Crippen LogP) is 7.19. The van der Waals surface area contributed by atoms with Crippen LogP contribution in [0.3, 0.4) is 0 Å². The first-order valence-electron chi connectivity index (χ1n) is 9.67. The molecule has 0 heterocycles. The van der Waals surface area contributed by atoms with E-state index in [0.29, 0.717) is 10.6 Å². The third kappa shape index (κ3) is 6.53. The summed E-state index contributed by atoms with van der Waals surface area (Å²) in [6, 6.07) is 13.8. The molecule has 2 aromatic carbocycles. The molecule has 0 fully saturated rings. The Kier molecular flexibility index (Phi) is 8.01. The van der Waals surface area contributed by atoms with Gasteiger partial charge in [-0.2, -0.15) is 0 Å². The third-order valence-electron chi connectivity index (χ3n) is 3.80. The van der Waals surface area contributed by atoms with E-state index in [4.69, 9.17) is 18.1 Å². The summed E-state index contributed by atoms with van der Waals surface area (Å²) in [6.07, 6.45) is 0. The number of hydrogen-bond donors (Lipinski definition) is 0. The van der Waals surface area contributed by atoms with E-state index in [0.717, 1.165) is 11.1 Å². The lowest BCUT2D eigenvalue weighted by atomic mass is 10.1. The first-order valence-corrected chi connectivity index (χ1v) is 12.8. The van der Waals surface area contributed by atoms with Crippen molar-refractivity contribution < 1.29 is 27.2 Å². The number of rotatable bonds is 11. The van der Waals surface area contributed by atoms with Gasteiger partial charge in [0.05, 0.1) is 33.6 Å². The molecular formula is C24H28O6P2. The Morgan fingerprint density at radius 1 is 0.531 bits per heavy atom. The van der Waals surface area contributed by atoms with Gasteiger partial charge >= 0.3 is 15.2 Å². The average Bonchev–Trinajstić information content (AvgIpc) is 2.65. The van der Waals surface area contributed by atoms with Crippen LogP contribution in [-0.2, 0) is 27.2 Å². The zero-order valence-corrected chi connectivity index (χ0v) is 20.6. The summed E-state index contributed by atoms with van der Waals surface area (Å²) < 4.78 is 48.0. The smallest absolute Gasteiger partial charge is 0.418 e. The van der Waals surface area contributed by atoms with Crippen LogP contribution in [-0.4, -0.2) is 0 Å². The SMILES string of the molecule is C=C(C)OP(=O)(OC(=C)C)c1ccc(-c2ccc(P(=O)(OC(=C)C)OC(=C)C)cc2)cc1. The van der Waals surface area contributed by atoms with E-state index in [9.17, 15) is 9.13 Å². The molecule has 0 amide bonds. The fourth-order valence-corrected chi connectivity index (χ4v) is 5.91. The van der Waals surface area contributed by atoms with Gasteiger partial charge in [-0.3, -0.25) is 0 Å². The van der Waals surface area contributed by atoms with Gasteiger partial charge in [0.2, 0.25) is 0 Å². The maximum atomic E-state index is 13.2. The molecule has 0 N–H and O–H groups in total. The van der Waals surface area contributed by atoms with Crippen molar-refractivity contribution in [2.45, 2.75) is 27.7 Å². The molecule has 0 spiro atoms. The Hall–Kier alpha value is -2.94. The molecule has 2 rings (SSSR count). The molecule has 2 aromatic rings. The molecule has 6 nitrogen and oxygen atoms in total. The number of hydrogen-bond acceptors (Lipinski definition) is 6. The summed E-state index contributed by atoms with van der Waals surface area (Å²) in [5, 5.41) is 0.746. The minimum absolute atomic E-state index is 0.271. The summed E-state index contributed by atoms with van der Waals surface area (Å²) in [5.74, 6) is 1.08. The van der Waals surface area contributed by atoms with Crippen molar-refractivity contribution in [1.29, 1.82) is 0 Å². The molecule has 0 aliphatic carbocycles. The van der Waals surface area contributed by atoms with E-state index in [-0.39, 0.29) is 23.0 Å². The molecule has 8 heteroatoms. The Balaban J connectivity index is 2.35. The van der Waals surface area contributed by atoms with E-state index >= 15 is 0 Å². The Morgan fingerprint density at radius 2 is 0.750 bits per heavy atom. The van der Waals surface area contributed by atoms with E-state index in [1.165, 1.54) is 0 Å². The molecule has 0 saturated heterocycles. The second-order valence-corrected chi connectivity index (χ2v) is 11.0. The van der Waals surface area contributed by atoms with Gasteiger partial charge in [0.1, 0.15) is 0 Å². The molecule has 0 atom stereocenters. The summed E-state index contributed by atoms with van der Waals surface area (Å²) in [4.78, 5) is 0. The highest BCUT2D eigenvalue weighted by Crippen LogP contribution is 2.51. The molecule has 170 valence electrons. The first-order chi connectivity index (χ1) is 14.8. The topological polar surface area (TPSA) is 71.1 Å². The van der Waals surface area contributed by atoms with E-state index in [2.05, 4.69) is 26.3 Å². The van der Waals surface area contributed by atoms with Crippen LogP contribution in [0.4, 0.5) is 0 Å². The van der Waals surface area contributed by atoms with E-state index in [1.807, 2.05) is 0 Å². The standard InChI is InChI=1S/C24H28O6P2/c1-17(2)27-31(25,28-18(3)4)23-13-9-21(10-14-23)22-11-15-24(16-12-22)32(26,29-19(5)6)30-20(7)8/h9-16H,1,3,5,7H2,2,4,6,8H3. The van der Waals surface area contributed by atoms with Gasteiger partial charge in [-0.1, -0.05) is 50.6 Å². The van der Waals surface area contributed by atoms with Gasteiger partial charge in [-0.05, 0) is 63.1 Å². The quantitative estimate of drug-likeness (QED) is 0.254. The largest absolute Gasteiger partial charge is 0.462 e.